The van der Waals surface area contributed by atoms with Gasteiger partial charge in [0.05, 0.1) is 0 Å². The first-order valence-electron chi connectivity index (χ1n) is 8.22. The molecule has 1 fully saturated rings. The van der Waals surface area contributed by atoms with Crippen molar-refractivity contribution in [3.8, 4) is 0 Å². The first kappa shape index (κ1) is 16.0. The van der Waals surface area contributed by atoms with E-state index in [0.717, 1.165) is 25.7 Å². The quantitative estimate of drug-likeness (QED) is 0.468. The molecule has 0 unspecified atom stereocenters. The van der Waals surface area contributed by atoms with Crippen molar-refractivity contribution in [3.63, 3.8) is 0 Å². The zero-order valence-electron chi connectivity index (χ0n) is 12.4. The standard InChI is InChI=1S/C16H33NO/c1-2-12-17-13-8-5-9-14-18-15-16-10-6-3-4-7-11-16/h16-17H,2-15H2,1H3. The highest BCUT2D eigenvalue weighted by Crippen LogP contribution is 2.22. The third kappa shape index (κ3) is 8.93. The van der Waals surface area contributed by atoms with Crippen LogP contribution in [0.4, 0.5) is 0 Å². The number of hydrogen-bond donors (Lipinski definition) is 1. The lowest BCUT2D eigenvalue weighted by atomic mass is 10.0. The van der Waals surface area contributed by atoms with Crippen LogP contribution < -0.4 is 5.32 Å². The van der Waals surface area contributed by atoms with Gasteiger partial charge in [0.25, 0.3) is 0 Å². The molecule has 0 spiro atoms. The fourth-order valence-corrected chi connectivity index (χ4v) is 2.71. The van der Waals surface area contributed by atoms with Crippen LogP contribution >= 0.6 is 0 Å². The normalized spacial score (nSPS) is 17.8. The molecule has 0 saturated heterocycles. The van der Waals surface area contributed by atoms with Crippen LogP contribution in [0.5, 0.6) is 0 Å². The van der Waals surface area contributed by atoms with Gasteiger partial charge in [0, 0.05) is 13.2 Å². The van der Waals surface area contributed by atoms with E-state index in [4.69, 9.17) is 4.74 Å². The maximum Gasteiger partial charge on any atom is 0.0494 e. The van der Waals surface area contributed by atoms with E-state index in [1.54, 1.807) is 0 Å². The second-order valence-corrected chi connectivity index (χ2v) is 5.74. The maximum atomic E-state index is 5.84. The fraction of sp³-hybridized carbons (Fsp3) is 1.00. The van der Waals surface area contributed by atoms with Crippen LogP contribution in [0.25, 0.3) is 0 Å². The van der Waals surface area contributed by atoms with E-state index < -0.39 is 0 Å². The van der Waals surface area contributed by atoms with Crippen molar-refractivity contribution in [2.24, 2.45) is 5.92 Å². The van der Waals surface area contributed by atoms with Crippen molar-refractivity contribution in [1.29, 1.82) is 0 Å². The Morgan fingerprint density at radius 2 is 1.72 bits per heavy atom. The molecule has 0 aromatic heterocycles. The summed E-state index contributed by atoms with van der Waals surface area (Å²) >= 11 is 0. The summed E-state index contributed by atoms with van der Waals surface area (Å²) < 4.78 is 5.84. The Bertz CT molecular complexity index is 164. The smallest absolute Gasteiger partial charge is 0.0494 e. The van der Waals surface area contributed by atoms with E-state index in [-0.39, 0.29) is 0 Å². The molecule has 0 aliphatic heterocycles. The van der Waals surface area contributed by atoms with Crippen LogP contribution in [0, 0.1) is 5.92 Å². The SMILES string of the molecule is CCCNCCCCCOCC1CCCCCC1. The average Bonchev–Trinajstić information content (AvgIpc) is 2.65. The number of unbranched alkanes of at least 4 members (excludes halogenated alkanes) is 2. The van der Waals surface area contributed by atoms with Gasteiger partial charge in [-0.15, -0.1) is 0 Å². The summed E-state index contributed by atoms with van der Waals surface area (Å²) in [5.41, 5.74) is 0. The first-order valence-corrected chi connectivity index (χ1v) is 8.22. The highest BCUT2D eigenvalue weighted by Gasteiger charge is 2.11. The zero-order valence-corrected chi connectivity index (χ0v) is 12.4. The highest BCUT2D eigenvalue weighted by atomic mass is 16.5. The van der Waals surface area contributed by atoms with Crippen molar-refractivity contribution in [1.82, 2.24) is 5.32 Å². The summed E-state index contributed by atoms with van der Waals surface area (Å²) in [5.74, 6) is 0.860. The van der Waals surface area contributed by atoms with Crippen molar-refractivity contribution in [2.75, 3.05) is 26.3 Å². The largest absolute Gasteiger partial charge is 0.381 e. The third-order valence-electron chi connectivity index (χ3n) is 3.90. The molecular weight excluding hydrogens is 222 g/mol. The molecule has 1 aliphatic carbocycles. The van der Waals surface area contributed by atoms with Crippen molar-refractivity contribution >= 4 is 0 Å². The molecule has 0 aromatic carbocycles. The lowest BCUT2D eigenvalue weighted by Crippen LogP contribution is -2.16. The fourth-order valence-electron chi connectivity index (χ4n) is 2.71. The van der Waals surface area contributed by atoms with Gasteiger partial charge in [-0.05, 0) is 57.5 Å². The second kappa shape index (κ2) is 12.0. The summed E-state index contributed by atoms with van der Waals surface area (Å²) in [6.07, 6.45) is 13.6. The molecule has 18 heavy (non-hydrogen) atoms. The molecule has 0 aromatic rings. The minimum absolute atomic E-state index is 0.860. The first-order chi connectivity index (χ1) is 8.93. The topological polar surface area (TPSA) is 21.3 Å². The highest BCUT2D eigenvalue weighted by molar-refractivity contribution is 4.63. The van der Waals surface area contributed by atoms with E-state index >= 15 is 0 Å². The van der Waals surface area contributed by atoms with Gasteiger partial charge in [0.1, 0.15) is 0 Å². The van der Waals surface area contributed by atoms with Gasteiger partial charge in [-0.2, -0.15) is 0 Å². The Balaban J connectivity index is 1.80. The maximum absolute atomic E-state index is 5.84. The summed E-state index contributed by atoms with van der Waals surface area (Å²) in [5, 5.41) is 3.44. The summed E-state index contributed by atoms with van der Waals surface area (Å²) in [7, 11) is 0. The van der Waals surface area contributed by atoms with Gasteiger partial charge < -0.3 is 10.1 Å². The molecule has 1 N–H and O–H groups in total. The molecule has 2 heteroatoms. The van der Waals surface area contributed by atoms with Gasteiger partial charge in [-0.1, -0.05) is 32.6 Å². The minimum atomic E-state index is 0.860. The molecule has 2 nitrogen and oxygen atoms in total. The van der Waals surface area contributed by atoms with E-state index in [1.165, 1.54) is 70.8 Å². The molecule has 1 aliphatic rings. The van der Waals surface area contributed by atoms with Crippen LogP contribution in [0.3, 0.4) is 0 Å². The molecule has 0 radical (unpaired) electrons. The number of ether oxygens (including phenoxy) is 1. The third-order valence-corrected chi connectivity index (χ3v) is 3.90. The summed E-state index contributed by atoms with van der Waals surface area (Å²) in [6, 6.07) is 0. The summed E-state index contributed by atoms with van der Waals surface area (Å²) in [6.45, 7) is 6.56. The lowest BCUT2D eigenvalue weighted by molar-refractivity contribution is 0.0908. The van der Waals surface area contributed by atoms with Crippen LogP contribution in [-0.4, -0.2) is 26.3 Å². The summed E-state index contributed by atoms with van der Waals surface area (Å²) in [4.78, 5) is 0. The van der Waals surface area contributed by atoms with Crippen molar-refractivity contribution in [2.45, 2.75) is 71.1 Å². The molecule has 0 amide bonds. The molecule has 1 rings (SSSR count). The second-order valence-electron chi connectivity index (χ2n) is 5.74. The van der Waals surface area contributed by atoms with E-state index in [1.807, 2.05) is 0 Å². The van der Waals surface area contributed by atoms with E-state index in [9.17, 15) is 0 Å². The zero-order chi connectivity index (χ0) is 12.9. The lowest BCUT2D eigenvalue weighted by Gasteiger charge is -2.14. The predicted octanol–water partition coefficient (Wildman–Crippen LogP) is 4.14. The number of hydrogen-bond acceptors (Lipinski definition) is 2. The van der Waals surface area contributed by atoms with Gasteiger partial charge in [-0.25, -0.2) is 0 Å². The number of nitrogens with one attached hydrogen (secondary N) is 1. The predicted molar refractivity (Wildman–Crippen MR) is 79.0 cm³/mol. The van der Waals surface area contributed by atoms with E-state index in [0.29, 0.717) is 0 Å². The van der Waals surface area contributed by atoms with Crippen LogP contribution in [-0.2, 0) is 4.74 Å². The van der Waals surface area contributed by atoms with Gasteiger partial charge in [0.15, 0.2) is 0 Å². The van der Waals surface area contributed by atoms with Crippen molar-refractivity contribution in [3.05, 3.63) is 0 Å². The van der Waals surface area contributed by atoms with Gasteiger partial charge in [0.2, 0.25) is 0 Å². The molecule has 1 saturated carbocycles. The molecule has 0 atom stereocenters. The monoisotopic (exact) mass is 255 g/mol. The Hall–Kier alpha value is -0.0800. The van der Waals surface area contributed by atoms with Crippen LogP contribution in [0.15, 0.2) is 0 Å². The van der Waals surface area contributed by atoms with Crippen LogP contribution in [0.1, 0.15) is 71.1 Å². The van der Waals surface area contributed by atoms with Crippen molar-refractivity contribution < 1.29 is 4.74 Å². The van der Waals surface area contributed by atoms with Crippen LogP contribution in [0.2, 0.25) is 0 Å². The van der Waals surface area contributed by atoms with E-state index in [2.05, 4.69) is 12.2 Å². The van der Waals surface area contributed by atoms with Gasteiger partial charge >= 0.3 is 0 Å². The molecule has 0 bridgehead atoms. The Morgan fingerprint density at radius 1 is 0.944 bits per heavy atom. The minimum Gasteiger partial charge on any atom is -0.381 e. The van der Waals surface area contributed by atoms with Gasteiger partial charge in [-0.3, -0.25) is 0 Å². The molecular formula is C16H33NO. The molecule has 0 heterocycles. The molecule has 108 valence electrons. The number of rotatable bonds is 10. The Morgan fingerprint density at radius 3 is 2.44 bits per heavy atom. The Labute approximate surface area is 114 Å². The Kier molecular flexibility index (Phi) is 10.6. The average molecular weight is 255 g/mol.